The van der Waals surface area contributed by atoms with Crippen LogP contribution in [0, 0.1) is 0 Å². The molecule has 0 radical (unpaired) electrons. The molecule has 3 rings (SSSR count). The summed E-state index contributed by atoms with van der Waals surface area (Å²) in [6.45, 7) is 4.50. The third-order valence-corrected chi connectivity index (χ3v) is 3.27. The molecular formula is C13H17N5. The number of nitrogens with zero attached hydrogens (tertiary/aromatic N) is 4. The standard InChI is InChI=1S/C13H17N5/c1-3-6-18-12(14)11(10-7-15-17(2)8-10)16-13(18)9-4-5-9/h3,7-9H,1,4-6,14H2,2H3. The number of aromatic nitrogens is 4. The number of anilines is 1. The maximum Gasteiger partial charge on any atom is 0.132 e. The van der Waals surface area contributed by atoms with Crippen LogP contribution in [0.3, 0.4) is 0 Å². The Balaban J connectivity index is 2.09. The predicted molar refractivity (Wildman–Crippen MR) is 71.0 cm³/mol. The lowest BCUT2D eigenvalue weighted by atomic mass is 10.2. The third-order valence-electron chi connectivity index (χ3n) is 3.27. The second kappa shape index (κ2) is 4.01. The zero-order valence-corrected chi connectivity index (χ0v) is 10.5. The number of nitrogen functional groups attached to an aromatic ring is 1. The molecule has 1 saturated carbocycles. The van der Waals surface area contributed by atoms with Gasteiger partial charge in [0.15, 0.2) is 0 Å². The van der Waals surface area contributed by atoms with E-state index in [2.05, 4.69) is 16.2 Å². The smallest absolute Gasteiger partial charge is 0.132 e. The van der Waals surface area contributed by atoms with E-state index < -0.39 is 0 Å². The van der Waals surface area contributed by atoms with Crippen LogP contribution in [0.15, 0.2) is 25.0 Å². The summed E-state index contributed by atoms with van der Waals surface area (Å²) >= 11 is 0. The number of allylic oxidation sites excluding steroid dienone is 1. The average Bonchev–Trinajstić information content (AvgIpc) is 3.03. The Morgan fingerprint density at radius 1 is 1.56 bits per heavy atom. The van der Waals surface area contributed by atoms with E-state index in [1.807, 2.05) is 19.3 Å². The highest BCUT2D eigenvalue weighted by atomic mass is 15.2. The van der Waals surface area contributed by atoms with E-state index in [0.29, 0.717) is 18.3 Å². The SMILES string of the molecule is C=CCn1c(C2CC2)nc(-c2cnn(C)c2)c1N. The van der Waals surface area contributed by atoms with Gasteiger partial charge in [0, 0.05) is 31.3 Å². The molecule has 1 aliphatic rings. The third kappa shape index (κ3) is 1.72. The molecule has 2 aromatic rings. The number of hydrogen-bond acceptors (Lipinski definition) is 3. The summed E-state index contributed by atoms with van der Waals surface area (Å²) in [5.74, 6) is 2.37. The van der Waals surface area contributed by atoms with Gasteiger partial charge in [0.25, 0.3) is 0 Å². The molecule has 0 amide bonds. The minimum Gasteiger partial charge on any atom is -0.383 e. The molecule has 2 N–H and O–H groups in total. The van der Waals surface area contributed by atoms with Crippen LogP contribution in [-0.2, 0) is 13.6 Å². The Bertz CT molecular complexity index is 589. The summed E-state index contributed by atoms with van der Waals surface area (Å²) in [5.41, 5.74) is 8.02. The minimum absolute atomic E-state index is 0.567. The molecular weight excluding hydrogens is 226 g/mol. The van der Waals surface area contributed by atoms with E-state index in [0.717, 1.165) is 17.1 Å². The second-order valence-electron chi connectivity index (χ2n) is 4.78. The number of nitrogens with two attached hydrogens (primary N) is 1. The van der Waals surface area contributed by atoms with Gasteiger partial charge in [0.1, 0.15) is 17.3 Å². The Hall–Kier alpha value is -2.04. The zero-order chi connectivity index (χ0) is 12.7. The van der Waals surface area contributed by atoms with Crippen molar-refractivity contribution in [1.29, 1.82) is 0 Å². The van der Waals surface area contributed by atoms with Gasteiger partial charge >= 0.3 is 0 Å². The first kappa shape index (κ1) is 11.1. The monoisotopic (exact) mass is 243 g/mol. The topological polar surface area (TPSA) is 61.7 Å². The summed E-state index contributed by atoms with van der Waals surface area (Å²) in [5, 5.41) is 4.17. The quantitative estimate of drug-likeness (QED) is 0.835. The van der Waals surface area contributed by atoms with Gasteiger partial charge in [0.05, 0.1) is 6.20 Å². The molecule has 0 spiro atoms. The van der Waals surface area contributed by atoms with Gasteiger partial charge in [-0.05, 0) is 12.8 Å². The lowest BCUT2D eigenvalue weighted by Gasteiger charge is -2.05. The van der Waals surface area contributed by atoms with Gasteiger partial charge in [-0.15, -0.1) is 6.58 Å². The van der Waals surface area contributed by atoms with Gasteiger partial charge < -0.3 is 10.3 Å². The molecule has 18 heavy (non-hydrogen) atoms. The first-order valence-corrected chi connectivity index (χ1v) is 6.16. The number of aryl methyl sites for hydroxylation is 1. The maximum atomic E-state index is 6.21. The van der Waals surface area contributed by atoms with Gasteiger partial charge in [-0.25, -0.2) is 4.98 Å². The van der Waals surface area contributed by atoms with Crippen molar-refractivity contribution in [1.82, 2.24) is 19.3 Å². The lowest BCUT2D eigenvalue weighted by molar-refractivity contribution is 0.750. The summed E-state index contributed by atoms with van der Waals surface area (Å²) in [7, 11) is 1.89. The molecule has 2 aromatic heterocycles. The van der Waals surface area contributed by atoms with Crippen LogP contribution in [0.25, 0.3) is 11.3 Å². The minimum atomic E-state index is 0.567. The Kier molecular flexibility index (Phi) is 2.47. The van der Waals surface area contributed by atoms with Gasteiger partial charge in [-0.2, -0.15) is 5.10 Å². The summed E-state index contributed by atoms with van der Waals surface area (Å²) < 4.78 is 3.82. The van der Waals surface area contributed by atoms with Gasteiger partial charge in [-0.3, -0.25) is 4.68 Å². The Morgan fingerprint density at radius 2 is 2.33 bits per heavy atom. The van der Waals surface area contributed by atoms with Crippen molar-refractivity contribution in [3.63, 3.8) is 0 Å². The molecule has 0 aliphatic heterocycles. The Labute approximate surface area is 106 Å². The van der Waals surface area contributed by atoms with Crippen LogP contribution in [0.5, 0.6) is 0 Å². The highest BCUT2D eigenvalue weighted by Crippen LogP contribution is 2.42. The maximum absolute atomic E-state index is 6.21. The number of hydrogen-bond donors (Lipinski definition) is 1. The fourth-order valence-corrected chi connectivity index (χ4v) is 2.21. The molecule has 0 unspecified atom stereocenters. The summed E-state index contributed by atoms with van der Waals surface area (Å²) in [4.78, 5) is 4.71. The molecule has 94 valence electrons. The second-order valence-corrected chi connectivity index (χ2v) is 4.78. The van der Waals surface area contributed by atoms with Crippen LogP contribution in [-0.4, -0.2) is 19.3 Å². The highest BCUT2D eigenvalue weighted by Gasteiger charge is 2.30. The van der Waals surface area contributed by atoms with Crippen LogP contribution >= 0.6 is 0 Å². The highest BCUT2D eigenvalue weighted by molar-refractivity contribution is 5.70. The first-order valence-electron chi connectivity index (χ1n) is 6.16. The predicted octanol–water partition coefficient (Wildman–Crippen LogP) is 1.93. The van der Waals surface area contributed by atoms with Crippen LogP contribution in [0.4, 0.5) is 5.82 Å². The normalized spacial score (nSPS) is 14.9. The van der Waals surface area contributed by atoms with Crippen molar-refractivity contribution in [3.05, 3.63) is 30.9 Å². The van der Waals surface area contributed by atoms with E-state index in [4.69, 9.17) is 10.7 Å². The summed E-state index contributed by atoms with van der Waals surface area (Å²) in [6.07, 6.45) is 8.01. The van der Waals surface area contributed by atoms with E-state index in [9.17, 15) is 0 Å². The van der Waals surface area contributed by atoms with E-state index >= 15 is 0 Å². The van der Waals surface area contributed by atoms with Crippen LogP contribution in [0.2, 0.25) is 0 Å². The van der Waals surface area contributed by atoms with Gasteiger partial charge in [-0.1, -0.05) is 6.08 Å². The molecule has 0 bridgehead atoms. The zero-order valence-electron chi connectivity index (χ0n) is 10.5. The fourth-order valence-electron chi connectivity index (χ4n) is 2.21. The molecule has 0 saturated heterocycles. The number of imidazole rings is 1. The van der Waals surface area contributed by atoms with Crippen molar-refractivity contribution in [2.75, 3.05) is 5.73 Å². The van der Waals surface area contributed by atoms with Crippen molar-refractivity contribution >= 4 is 5.82 Å². The lowest BCUT2D eigenvalue weighted by Crippen LogP contribution is -2.05. The molecule has 1 aliphatic carbocycles. The number of rotatable bonds is 4. The molecule has 2 heterocycles. The molecule has 0 aromatic carbocycles. The summed E-state index contributed by atoms with van der Waals surface area (Å²) in [6, 6.07) is 0. The van der Waals surface area contributed by atoms with Crippen molar-refractivity contribution in [2.45, 2.75) is 25.3 Å². The molecule has 1 fully saturated rings. The molecule has 0 atom stereocenters. The van der Waals surface area contributed by atoms with Crippen LogP contribution < -0.4 is 5.73 Å². The van der Waals surface area contributed by atoms with Crippen LogP contribution in [0.1, 0.15) is 24.6 Å². The Morgan fingerprint density at radius 3 is 2.89 bits per heavy atom. The first-order chi connectivity index (χ1) is 8.70. The molecule has 5 nitrogen and oxygen atoms in total. The largest absolute Gasteiger partial charge is 0.383 e. The van der Waals surface area contributed by atoms with E-state index in [1.54, 1.807) is 10.9 Å². The fraction of sp³-hybridized carbons (Fsp3) is 0.385. The average molecular weight is 243 g/mol. The molecule has 5 heteroatoms. The van der Waals surface area contributed by atoms with Crippen molar-refractivity contribution < 1.29 is 0 Å². The van der Waals surface area contributed by atoms with Gasteiger partial charge in [0.2, 0.25) is 0 Å². The van der Waals surface area contributed by atoms with Crippen molar-refractivity contribution in [3.8, 4) is 11.3 Å². The van der Waals surface area contributed by atoms with E-state index in [-0.39, 0.29) is 0 Å². The van der Waals surface area contributed by atoms with E-state index in [1.165, 1.54) is 12.8 Å². The van der Waals surface area contributed by atoms with Crippen molar-refractivity contribution in [2.24, 2.45) is 7.05 Å².